The number of para-hydroxylation sites is 4. The quantitative estimate of drug-likeness (QED) is 0.168. The van der Waals surface area contributed by atoms with Gasteiger partial charge in [-0.3, -0.25) is 0 Å². The second-order valence-electron chi connectivity index (χ2n) is 15.7. The van der Waals surface area contributed by atoms with Crippen LogP contribution in [0.25, 0.3) is 32.7 Å². The zero-order chi connectivity index (χ0) is 39.6. The smallest absolute Gasteiger partial charge is 0.140 e. The van der Waals surface area contributed by atoms with Gasteiger partial charge in [0.25, 0.3) is 0 Å². The monoisotopic (exact) mass is 766 g/mol. The van der Waals surface area contributed by atoms with Gasteiger partial charge in [-0.1, -0.05) is 158 Å². The summed E-state index contributed by atoms with van der Waals surface area (Å²) in [4.78, 5) is 4.74. The number of nitrogens with zero attached hydrogens (tertiary/aromatic N) is 2. The van der Waals surface area contributed by atoms with Crippen molar-refractivity contribution in [1.29, 1.82) is 0 Å². The summed E-state index contributed by atoms with van der Waals surface area (Å²) in [5, 5.41) is 4.49. The van der Waals surface area contributed by atoms with Crippen molar-refractivity contribution in [3.63, 3.8) is 0 Å². The van der Waals surface area contributed by atoms with E-state index in [-0.39, 0.29) is 0 Å². The lowest BCUT2D eigenvalue weighted by molar-refractivity contribution is 0.447. The average molecular weight is 767 g/mol. The van der Waals surface area contributed by atoms with E-state index in [1.54, 1.807) is 0 Å². The maximum atomic E-state index is 7.33. The third-order valence-corrected chi connectivity index (χ3v) is 12.4. The lowest BCUT2D eigenvalue weighted by Gasteiger charge is -2.41. The molecular weight excluding hydrogens is 729 g/mol. The van der Waals surface area contributed by atoms with Gasteiger partial charge in [0.05, 0.1) is 5.41 Å². The fourth-order valence-corrected chi connectivity index (χ4v) is 9.90. The highest BCUT2D eigenvalue weighted by Gasteiger charge is 2.52. The van der Waals surface area contributed by atoms with Crippen molar-refractivity contribution >= 4 is 55.7 Å². The van der Waals surface area contributed by atoms with Gasteiger partial charge in [-0.25, -0.2) is 0 Å². The van der Waals surface area contributed by atoms with Crippen molar-refractivity contribution in [2.75, 3.05) is 9.80 Å². The van der Waals surface area contributed by atoms with Crippen molar-refractivity contribution in [2.24, 2.45) is 0 Å². The largest absolute Gasteiger partial charge is 0.455 e. The van der Waals surface area contributed by atoms with Crippen molar-refractivity contribution in [3.8, 4) is 22.6 Å². The summed E-state index contributed by atoms with van der Waals surface area (Å²) in [5.41, 5.74) is 13.0. The zero-order valence-corrected chi connectivity index (χ0v) is 32.7. The molecule has 3 nitrogen and oxygen atoms in total. The molecule has 1 spiro atoms. The molecule has 10 aromatic carbocycles. The van der Waals surface area contributed by atoms with Gasteiger partial charge < -0.3 is 14.5 Å². The molecule has 0 radical (unpaired) electrons. The third-order valence-electron chi connectivity index (χ3n) is 12.4. The standard InChI is InChI=1S/C57H38N2O/c1-5-19-41(20-6-1)58(42-21-7-2-8-22-42)45-31-33-49-50-34-32-46(59(43-23-9-3-10-24-43)44-25-11-4-12-26-44)38-54(50)57(53(49)37-45)51-35-29-39-17-13-15-27-47(39)55(51)60-56-48-28-16-14-18-40(48)30-36-52(56)57/h1-38H. The molecule has 60 heavy (non-hydrogen) atoms. The normalized spacial score (nSPS) is 12.9. The highest BCUT2D eigenvalue weighted by atomic mass is 16.5. The molecule has 0 N–H and O–H groups in total. The highest BCUT2D eigenvalue weighted by Crippen LogP contribution is 2.65. The molecule has 0 atom stereocenters. The van der Waals surface area contributed by atoms with Gasteiger partial charge in [-0.05, 0) is 106 Å². The third kappa shape index (κ3) is 5.09. The topological polar surface area (TPSA) is 15.7 Å². The summed E-state index contributed by atoms with van der Waals surface area (Å²) >= 11 is 0. The molecule has 282 valence electrons. The minimum absolute atomic E-state index is 0.744. The Balaban J connectivity index is 1.21. The van der Waals surface area contributed by atoms with Crippen LogP contribution in [0.15, 0.2) is 231 Å². The van der Waals surface area contributed by atoms with Crippen molar-refractivity contribution < 1.29 is 4.74 Å². The number of ether oxygens (including phenoxy) is 1. The Labute approximate surface area is 349 Å². The van der Waals surface area contributed by atoms with Gasteiger partial charge in [0.1, 0.15) is 11.5 Å². The second kappa shape index (κ2) is 13.6. The van der Waals surface area contributed by atoms with Crippen LogP contribution in [0.2, 0.25) is 0 Å². The van der Waals surface area contributed by atoms with E-state index in [2.05, 4.69) is 240 Å². The predicted molar refractivity (Wildman–Crippen MR) is 248 cm³/mol. The number of hydrogen-bond donors (Lipinski definition) is 0. The molecular formula is C57H38N2O. The first-order chi connectivity index (χ1) is 29.8. The van der Waals surface area contributed by atoms with Crippen LogP contribution in [0, 0.1) is 0 Å². The molecule has 2 aliphatic rings. The molecule has 12 rings (SSSR count). The Hall–Kier alpha value is -7.88. The molecule has 0 bridgehead atoms. The summed E-state index contributed by atoms with van der Waals surface area (Å²) in [7, 11) is 0. The van der Waals surface area contributed by atoms with Gasteiger partial charge in [-0.2, -0.15) is 0 Å². The van der Waals surface area contributed by atoms with Crippen LogP contribution >= 0.6 is 0 Å². The van der Waals surface area contributed by atoms with Gasteiger partial charge in [0, 0.05) is 56.0 Å². The first-order valence-corrected chi connectivity index (χ1v) is 20.6. The van der Waals surface area contributed by atoms with Crippen LogP contribution < -0.4 is 14.5 Å². The van der Waals surface area contributed by atoms with Gasteiger partial charge in [0.2, 0.25) is 0 Å². The van der Waals surface area contributed by atoms with Crippen LogP contribution in [0.1, 0.15) is 22.3 Å². The Morgan fingerprint density at radius 1 is 0.283 bits per heavy atom. The Kier molecular flexibility index (Phi) is 7.76. The Morgan fingerprint density at radius 3 is 1.02 bits per heavy atom. The van der Waals surface area contributed by atoms with Gasteiger partial charge >= 0.3 is 0 Å². The van der Waals surface area contributed by atoms with Crippen LogP contribution in [0.4, 0.5) is 34.1 Å². The molecule has 0 amide bonds. The van der Waals surface area contributed by atoms with E-state index < -0.39 is 5.41 Å². The minimum Gasteiger partial charge on any atom is -0.455 e. The molecule has 0 aromatic heterocycles. The first kappa shape index (κ1) is 34.2. The van der Waals surface area contributed by atoms with Crippen molar-refractivity contribution in [1.82, 2.24) is 0 Å². The van der Waals surface area contributed by atoms with E-state index in [0.717, 1.165) is 78.3 Å². The molecule has 0 fully saturated rings. The lowest BCUT2D eigenvalue weighted by atomic mass is 9.65. The van der Waals surface area contributed by atoms with E-state index in [9.17, 15) is 0 Å². The Bertz CT molecular complexity index is 2940. The number of fused-ring (bicyclic) bond motifs is 13. The number of anilines is 6. The molecule has 0 unspecified atom stereocenters. The second-order valence-corrected chi connectivity index (χ2v) is 15.7. The van der Waals surface area contributed by atoms with Gasteiger partial charge in [-0.15, -0.1) is 0 Å². The molecule has 3 heteroatoms. The maximum Gasteiger partial charge on any atom is 0.140 e. The molecule has 1 heterocycles. The summed E-state index contributed by atoms with van der Waals surface area (Å²) in [6.45, 7) is 0. The molecule has 1 aliphatic carbocycles. The van der Waals surface area contributed by atoms with E-state index >= 15 is 0 Å². The van der Waals surface area contributed by atoms with Crippen LogP contribution in [-0.4, -0.2) is 0 Å². The van der Waals surface area contributed by atoms with Gasteiger partial charge in [0.15, 0.2) is 0 Å². The molecule has 0 saturated heterocycles. The zero-order valence-electron chi connectivity index (χ0n) is 32.7. The summed E-state index contributed by atoms with van der Waals surface area (Å²) in [6, 6.07) is 83.4. The van der Waals surface area contributed by atoms with E-state index in [0.29, 0.717) is 0 Å². The summed E-state index contributed by atoms with van der Waals surface area (Å²) in [5.74, 6) is 1.80. The number of rotatable bonds is 6. The first-order valence-electron chi connectivity index (χ1n) is 20.6. The van der Waals surface area contributed by atoms with Crippen molar-refractivity contribution in [3.05, 3.63) is 253 Å². The van der Waals surface area contributed by atoms with Crippen LogP contribution in [-0.2, 0) is 5.41 Å². The summed E-state index contributed by atoms with van der Waals surface area (Å²) in [6.07, 6.45) is 0. The van der Waals surface area contributed by atoms with Crippen LogP contribution in [0.3, 0.4) is 0 Å². The lowest BCUT2D eigenvalue weighted by Crippen LogP contribution is -2.32. The van der Waals surface area contributed by atoms with E-state index in [1.807, 2.05) is 0 Å². The minimum atomic E-state index is -0.744. The average Bonchev–Trinajstić information content (AvgIpc) is 3.59. The summed E-state index contributed by atoms with van der Waals surface area (Å²) < 4.78 is 7.33. The van der Waals surface area contributed by atoms with E-state index in [1.165, 1.54) is 22.3 Å². The Morgan fingerprint density at radius 2 is 0.633 bits per heavy atom. The van der Waals surface area contributed by atoms with E-state index in [4.69, 9.17) is 4.74 Å². The fraction of sp³-hybridized carbons (Fsp3) is 0.0175. The molecule has 1 aliphatic heterocycles. The maximum absolute atomic E-state index is 7.33. The number of hydrogen-bond acceptors (Lipinski definition) is 3. The van der Waals surface area contributed by atoms with Crippen LogP contribution in [0.5, 0.6) is 11.5 Å². The van der Waals surface area contributed by atoms with Crippen molar-refractivity contribution in [2.45, 2.75) is 5.41 Å². The SMILES string of the molecule is c1ccc(N(c2ccccc2)c2ccc3c(c2)C2(c4cc(N(c5ccccc5)c5ccccc5)ccc4-3)c3ccc4ccccc4c3Oc3c2ccc2ccccc32)cc1. The number of benzene rings is 10. The fourth-order valence-electron chi connectivity index (χ4n) is 9.90. The predicted octanol–water partition coefficient (Wildman–Crippen LogP) is 15.4. The molecule has 0 saturated carbocycles. The highest BCUT2D eigenvalue weighted by molar-refractivity contribution is 6.01. The molecule has 10 aromatic rings.